The molecule has 3 aliphatic rings. The average molecular weight is 1000 g/mol. The number of phenols is 3. The molecule has 7 unspecified atom stereocenters. The molecule has 2 fully saturated rings. The third-order valence-electron chi connectivity index (χ3n) is 15.6. The Morgan fingerprint density at radius 3 is 2.45 bits per heavy atom. The number of ether oxygens (including phenoxy) is 2. The predicted molar refractivity (Wildman–Crippen MR) is 282 cm³/mol. The summed E-state index contributed by atoms with van der Waals surface area (Å²) in [6, 6.07) is 26.1. The monoisotopic (exact) mass is 999 g/mol. The third-order valence-corrected chi connectivity index (χ3v) is 18.4. The number of phenolic OH excluding ortho intramolecular Hbond substituents is 3. The van der Waals surface area contributed by atoms with Crippen LogP contribution in [0.2, 0.25) is 0 Å². The number of hydrogen-bond donors (Lipinski definition) is 7. The van der Waals surface area contributed by atoms with Gasteiger partial charge in [0.2, 0.25) is 0 Å². The molecule has 1 aromatic heterocycles. The summed E-state index contributed by atoms with van der Waals surface area (Å²) in [5, 5.41) is 76.5. The number of aromatic hydroxyl groups is 3. The van der Waals surface area contributed by atoms with E-state index >= 15 is 4.79 Å². The summed E-state index contributed by atoms with van der Waals surface area (Å²) < 4.78 is 12.5. The summed E-state index contributed by atoms with van der Waals surface area (Å²) in [6.07, 6.45) is 7.89. The number of hydrogen-bond acceptors (Lipinski definition) is 12. The Balaban J connectivity index is 1.22. The predicted octanol–water partition coefficient (Wildman–Crippen LogP) is 9.44. The molecular weight excluding hydrogens is 933 g/mol. The number of aromatic nitrogens is 1. The second-order valence-corrected chi connectivity index (χ2v) is 22.6. The van der Waals surface area contributed by atoms with Crippen LogP contribution in [0.4, 0.5) is 0 Å². The first-order valence-corrected chi connectivity index (χ1v) is 27.6. The summed E-state index contributed by atoms with van der Waals surface area (Å²) in [6.45, 7) is 2.36. The number of benzene rings is 5. The number of carbonyl (C=O) groups is 1. The fourth-order valence-corrected chi connectivity index (χ4v) is 14.9. The van der Waals surface area contributed by atoms with Crippen LogP contribution in [-0.2, 0) is 48.9 Å². The minimum absolute atomic E-state index is 0.0000540. The van der Waals surface area contributed by atoms with Gasteiger partial charge in [0, 0.05) is 30.2 Å². The number of nitrogens with one attached hydrogen (secondary N) is 1. The van der Waals surface area contributed by atoms with Crippen LogP contribution in [0.25, 0.3) is 10.8 Å². The lowest BCUT2D eigenvalue weighted by Crippen LogP contribution is -2.61. The highest BCUT2D eigenvalue weighted by Gasteiger charge is 2.58. The number of methoxy groups -OCH3 is 1. The van der Waals surface area contributed by atoms with E-state index in [1.54, 1.807) is 62.9 Å². The van der Waals surface area contributed by atoms with Gasteiger partial charge < -0.3 is 50.4 Å². The van der Waals surface area contributed by atoms with Crippen molar-refractivity contribution >= 4 is 38.1 Å². The minimum Gasteiger partial charge on any atom is -0.670 e. The number of ketones is 1. The molecule has 2 heterocycles. The lowest BCUT2D eigenvalue weighted by atomic mass is 9.55. The molecule has 2 saturated carbocycles. The number of rotatable bonds is 12. The van der Waals surface area contributed by atoms with Crippen molar-refractivity contribution in [1.82, 2.24) is 10.3 Å². The molecule has 376 valence electrons. The topological polar surface area (TPSA) is 183 Å². The highest BCUT2D eigenvalue weighted by Crippen LogP contribution is 2.52. The van der Waals surface area contributed by atoms with E-state index in [2.05, 4.69) is 41.5 Å². The maximum Gasteiger partial charge on any atom is 0.164 e. The third kappa shape index (κ3) is 10.4. The standard InChI is InChI=1S/C58H67N2O9S2/c1-4-37-14-15-38-9-8-12-45-51(32-61)71-70-33-41-26-52(65)58(42-22-36(30-59-2)23-43(62)27-42,29-34-13-17-48(63)50(24-34)69-44-10-6-5-7-11-44)57(67)54(41)55(66)40(21-35-19-20-60-31-35)25-39-16-18-49(64)56(68-3)47(39)28-46(37)53(38)45/h8-9,12-20,22-24,27,31,40-41,44,51-52,54-55,59,61-66H,4-7,10-11,21,25-26,28-30,32-33H2,1-3H3/q-1. The molecule has 0 amide bonds. The quantitative estimate of drug-likeness (QED) is 0.0577. The van der Waals surface area contributed by atoms with E-state index in [0.717, 1.165) is 88.2 Å². The van der Waals surface area contributed by atoms with Crippen LogP contribution < -0.4 is 19.8 Å². The minimum atomic E-state index is -1.66. The average Bonchev–Trinajstić information content (AvgIpc) is 3.89. The molecule has 13 heteroatoms. The van der Waals surface area contributed by atoms with Crippen molar-refractivity contribution < 1.29 is 44.9 Å². The van der Waals surface area contributed by atoms with Gasteiger partial charge >= 0.3 is 0 Å². The van der Waals surface area contributed by atoms with Gasteiger partial charge in [-0.1, -0.05) is 95.1 Å². The molecule has 5 aromatic carbocycles. The van der Waals surface area contributed by atoms with E-state index in [1.165, 1.54) is 21.6 Å². The number of aliphatic hydroxyl groups excluding tert-OH is 3. The van der Waals surface area contributed by atoms with E-state index < -0.39 is 35.4 Å². The SMILES string of the molecule is CCc1ccc2cccc3c2c1Cc1c(ccc(O)c1OC)CC(Cc1cc[n-]c1)C(O)C1C(=O)C(Cc2ccc(O)c(OC4CCCCC4)c2)(c2cc(O)cc(CNC)c2)C(O)CC1CSSC3CO. The van der Waals surface area contributed by atoms with Crippen LogP contribution >= 0.6 is 21.6 Å². The van der Waals surface area contributed by atoms with Gasteiger partial charge in [-0.25, -0.2) is 0 Å². The van der Waals surface area contributed by atoms with E-state index in [0.29, 0.717) is 54.2 Å². The Bertz CT molecular complexity index is 2810. The van der Waals surface area contributed by atoms with Gasteiger partial charge in [-0.15, -0.1) is 0 Å². The molecule has 1 aliphatic heterocycles. The van der Waals surface area contributed by atoms with Crippen LogP contribution in [0.15, 0.2) is 97.3 Å². The zero-order valence-corrected chi connectivity index (χ0v) is 42.5. The summed E-state index contributed by atoms with van der Waals surface area (Å²) >= 11 is 0. The van der Waals surface area contributed by atoms with Crippen molar-refractivity contribution in [3.05, 3.63) is 147 Å². The Labute approximate surface area is 424 Å². The van der Waals surface area contributed by atoms with Gasteiger partial charge in [-0.05, 0) is 157 Å². The number of aryl methyl sites for hydroxylation is 1. The Hall–Kier alpha value is -5.15. The number of carbonyl (C=O) groups excluding carboxylic acids is 1. The molecule has 71 heavy (non-hydrogen) atoms. The smallest absolute Gasteiger partial charge is 0.164 e. The van der Waals surface area contributed by atoms with E-state index in [4.69, 9.17) is 9.47 Å². The molecule has 0 saturated heterocycles. The van der Waals surface area contributed by atoms with E-state index in [1.807, 2.05) is 24.3 Å². The van der Waals surface area contributed by atoms with Crippen molar-refractivity contribution in [3.8, 4) is 28.7 Å². The molecule has 0 spiro atoms. The summed E-state index contributed by atoms with van der Waals surface area (Å²) in [5.74, 6) is -1.47. The molecular formula is C58H67N2O9S2-. The highest BCUT2D eigenvalue weighted by molar-refractivity contribution is 8.76. The summed E-state index contributed by atoms with van der Waals surface area (Å²) in [4.78, 5) is 20.9. The lowest BCUT2D eigenvalue weighted by Gasteiger charge is -2.49. The van der Waals surface area contributed by atoms with Crippen LogP contribution in [0.3, 0.4) is 0 Å². The van der Waals surface area contributed by atoms with Gasteiger partial charge in [0.25, 0.3) is 0 Å². The lowest BCUT2D eigenvalue weighted by molar-refractivity contribution is -0.149. The first-order valence-electron chi connectivity index (χ1n) is 25.2. The molecule has 0 bridgehead atoms. The number of Topliss-reactive ketones (excluding diaryl/α,β-unsaturated/α-hetero) is 1. The van der Waals surface area contributed by atoms with Crippen molar-refractivity contribution in [2.75, 3.05) is 26.5 Å². The first kappa shape index (κ1) is 50.8. The van der Waals surface area contributed by atoms with Crippen molar-refractivity contribution in [2.45, 2.75) is 113 Å². The van der Waals surface area contributed by atoms with Gasteiger partial charge in [-0.2, -0.15) is 12.4 Å². The number of fused-ring (bicyclic) bond motifs is 2. The molecule has 7 atom stereocenters. The molecule has 11 nitrogen and oxygen atoms in total. The van der Waals surface area contributed by atoms with Crippen LogP contribution in [0.1, 0.15) is 101 Å². The molecule has 6 aromatic rings. The Kier molecular flexibility index (Phi) is 16.0. The Morgan fingerprint density at radius 1 is 0.887 bits per heavy atom. The molecule has 0 radical (unpaired) electrons. The maximum absolute atomic E-state index is 16.5. The van der Waals surface area contributed by atoms with E-state index in [-0.39, 0.29) is 53.8 Å². The normalized spacial score (nSPS) is 24.4. The summed E-state index contributed by atoms with van der Waals surface area (Å²) in [7, 11) is 6.42. The van der Waals surface area contributed by atoms with Crippen molar-refractivity contribution in [1.29, 1.82) is 0 Å². The fraction of sp³-hybridized carbons (Fsp3) is 0.431. The number of nitrogens with zero attached hydrogens (tertiary/aromatic N) is 1. The molecule has 2 aliphatic carbocycles. The molecule has 9 rings (SSSR count). The molecule has 7 N–H and O–H groups in total. The van der Waals surface area contributed by atoms with E-state index in [9.17, 15) is 30.6 Å². The largest absolute Gasteiger partial charge is 0.670 e. The van der Waals surface area contributed by atoms with Crippen LogP contribution in [-0.4, -0.2) is 81.3 Å². The second-order valence-electron chi connectivity index (χ2n) is 20.0. The zero-order chi connectivity index (χ0) is 49.8. The number of aliphatic hydroxyl groups is 3. The van der Waals surface area contributed by atoms with Gasteiger partial charge in [0.05, 0.1) is 42.7 Å². The van der Waals surface area contributed by atoms with Crippen molar-refractivity contribution in [3.63, 3.8) is 0 Å². The zero-order valence-electron chi connectivity index (χ0n) is 40.9. The first-order chi connectivity index (χ1) is 34.5. The van der Waals surface area contributed by atoms with Gasteiger partial charge in [0.15, 0.2) is 28.8 Å². The fourth-order valence-electron chi connectivity index (χ4n) is 12.0. The van der Waals surface area contributed by atoms with Crippen molar-refractivity contribution in [2.24, 2.45) is 17.8 Å². The highest BCUT2D eigenvalue weighted by atomic mass is 33.1. The van der Waals surface area contributed by atoms with Gasteiger partial charge in [0.1, 0.15) is 5.75 Å². The second kappa shape index (κ2) is 22.3. The van der Waals surface area contributed by atoms with Crippen LogP contribution in [0.5, 0.6) is 28.7 Å². The van der Waals surface area contributed by atoms with Crippen LogP contribution in [0, 0.1) is 17.8 Å². The Morgan fingerprint density at radius 2 is 1.70 bits per heavy atom. The van der Waals surface area contributed by atoms with Gasteiger partial charge in [-0.3, -0.25) is 4.79 Å². The maximum atomic E-state index is 16.5. The summed E-state index contributed by atoms with van der Waals surface area (Å²) in [5.41, 5.74) is 5.84.